The van der Waals surface area contributed by atoms with Gasteiger partial charge in [0.05, 0.1) is 36.8 Å². The molecule has 0 saturated heterocycles. The molecule has 0 atom stereocenters. The zero-order valence-electron chi connectivity index (χ0n) is 9.28. The molecule has 0 radical (unpaired) electrons. The van der Waals surface area contributed by atoms with E-state index in [1.165, 1.54) is 0 Å². The second-order valence-electron chi connectivity index (χ2n) is 3.35. The van der Waals surface area contributed by atoms with Gasteiger partial charge in [0.25, 0.3) is 0 Å². The van der Waals surface area contributed by atoms with E-state index in [9.17, 15) is 8.42 Å². The number of nitrogens with zero attached hydrogens (tertiary/aromatic N) is 2. The summed E-state index contributed by atoms with van der Waals surface area (Å²) in [6, 6.07) is 0. The molecular formula is C8Cl6N2O2P2S. The minimum atomic E-state index is -4.20. The molecular weight excluding hydrogens is 463 g/mol. The molecule has 0 fully saturated rings. The Hall–Kier alpha value is 0.850. The standard InChI is InChI=1S/C8Cl6N2O2P2S/c9-1-3(11)7(15-19-5(1)13)21(17,18)8-4(12)2(10)6(14)20-16-8. The summed E-state index contributed by atoms with van der Waals surface area (Å²) in [4.78, 5) is 0. The van der Waals surface area contributed by atoms with Crippen molar-refractivity contribution in [3.63, 3.8) is 0 Å². The van der Waals surface area contributed by atoms with Crippen molar-refractivity contribution in [3.05, 3.63) is 29.6 Å². The average Bonchev–Trinajstić information content (AvgIpc) is 2.41. The van der Waals surface area contributed by atoms with E-state index in [0.717, 1.165) is 0 Å². The molecule has 0 aromatic carbocycles. The minimum absolute atomic E-state index is 0.0988. The molecule has 2 rings (SSSR count). The monoisotopic (exact) mass is 460 g/mol. The lowest BCUT2D eigenvalue weighted by Gasteiger charge is -2.08. The van der Waals surface area contributed by atoms with E-state index in [2.05, 4.69) is 9.49 Å². The first-order valence-electron chi connectivity index (χ1n) is 4.67. The third-order valence-electron chi connectivity index (χ3n) is 2.09. The van der Waals surface area contributed by atoms with Crippen molar-refractivity contribution in [1.29, 1.82) is 0 Å². The van der Waals surface area contributed by atoms with Gasteiger partial charge in [-0.1, -0.05) is 69.6 Å². The predicted octanol–water partition coefficient (Wildman–Crippen LogP) is 6.39. The van der Waals surface area contributed by atoms with E-state index in [4.69, 9.17) is 69.6 Å². The fourth-order valence-corrected chi connectivity index (χ4v) is 6.24. The molecule has 0 bridgehead atoms. The maximum Gasteiger partial charge on any atom is 0.244 e. The number of rotatable bonds is 2. The first kappa shape index (κ1) is 18.2. The van der Waals surface area contributed by atoms with E-state index < -0.39 is 19.9 Å². The largest absolute Gasteiger partial charge is 0.244 e. The summed E-state index contributed by atoms with van der Waals surface area (Å²) in [6.45, 7) is 0. The Kier molecular flexibility index (Phi) is 5.86. The molecule has 21 heavy (non-hydrogen) atoms. The van der Waals surface area contributed by atoms with Crippen molar-refractivity contribution in [2.75, 3.05) is 0 Å². The van der Waals surface area contributed by atoms with E-state index in [1.807, 2.05) is 0 Å². The highest BCUT2D eigenvalue weighted by molar-refractivity contribution is 7.91. The number of sulfone groups is 1. The van der Waals surface area contributed by atoms with Crippen LogP contribution in [-0.2, 0) is 9.84 Å². The Morgan fingerprint density at radius 3 is 1.33 bits per heavy atom. The van der Waals surface area contributed by atoms with E-state index in [-0.39, 0.29) is 46.3 Å². The van der Waals surface area contributed by atoms with Crippen molar-refractivity contribution in [3.8, 4) is 0 Å². The molecule has 0 aliphatic carbocycles. The van der Waals surface area contributed by atoms with Gasteiger partial charge in [0.15, 0.2) is 10.1 Å². The average molecular weight is 463 g/mol. The highest BCUT2D eigenvalue weighted by Crippen LogP contribution is 2.43. The van der Waals surface area contributed by atoms with Crippen LogP contribution >= 0.6 is 86.3 Å². The summed E-state index contributed by atoms with van der Waals surface area (Å²) < 4.78 is 32.8. The fraction of sp³-hybridized carbons (Fsp3) is 0. The van der Waals surface area contributed by atoms with Crippen LogP contribution in [0.5, 0.6) is 0 Å². The summed E-state index contributed by atoms with van der Waals surface area (Å²) >= 11 is 35.0. The van der Waals surface area contributed by atoms with Crippen molar-refractivity contribution in [2.24, 2.45) is 0 Å². The molecule has 0 aliphatic rings. The Labute approximate surface area is 152 Å². The highest BCUT2D eigenvalue weighted by atomic mass is 35.5. The van der Waals surface area contributed by atoms with Crippen LogP contribution < -0.4 is 0 Å². The summed E-state index contributed by atoms with van der Waals surface area (Å²) in [6.07, 6.45) is 0. The third kappa shape index (κ3) is 3.38. The minimum Gasteiger partial charge on any atom is -0.215 e. The van der Waals surface area contributed by atoms with Gasteiger partial charge in [0, 0.05) is 0 Å². The molecule has 0 amide bonds. The molecule has 2 heterocycles. The molecule has 13 heteroatoms. The molecule has 0 saturated carbocycles. The number of hydrogen-bond donors (Lipinski definition) is 0. The summed E-state index contributed by atoms with van der Waals surface area (Å²) in [5.41, 5.74) is 0. The van der Waals surface area contributed by atoms with Gasteiger partial charge >= 0.3 is 0 Å². The van der Waals surface area contributed by atoms with Gasteiger partial charge in [-0.25, -0.2) is 17.9 Å². The zero-order valence-corrected chi connectivity index (χ0v) is 16.4. The summed E-state index contributed by atoms with van der Waals surface area (Å²) in [5, 5.41) is -1.76. The maximum atomic E-state index is 12.5. The first-order valence-corrected chi connectivity index (χ1v) is 10.1. The van der Waals surface area contributed by atoms with E-state index in [0.29, 0.717) is 0 Å². The maximum absolute atomic E-state index is 12.5. The lowest BCUT2D eigenvalue weighted by Crippen LogP contribution is -2.07. The van der Waals surface area contributed by atoms with Crippen LogP contribution in [0, 0.1) is 0 Å². The van der Waals surface area contributed by atoms with Gasteiger partial charge in [0.2, 0.25) is 9.84 Å². The van der Waals surface area contributed by atoms with Crippen LogP contribution in [0.3, 0.4) is 0 Å². The molecule has 112 valence electrons. The Morgan fingerprint density at radius 2 is 1.00 bits per heavy atom. The van der Waals surface area contributed by atoms with Gasteiger partial charge in [-0.3, -0.25) is 0 Å². The predicted molar refractivity (Wildman–Crippen MR) is 89.0 cm³/mol. The molecule has 0 aliphatic heterocycles. The lowest BCUT2D eigenvalue weighted by atomic mass is 10.6. The Bertz CT molecular complexity index is 784. The first-order chi connectivity index (χ1) is 9.67. The number of halogens is 6. The highest BCUT2D eigenvalue weighted by Gasteiger charge is 2.30. The van der Waals surface area contributed by atoms with Crippen molar-refractivity contribution in [1.82, 2.24) is 9.49 Å². The van der Waals surface area contributed by atoms with Crippen molar-refractivity contribution < 1.29 is 8.42 Å². The van der Waals surface area contributed by atoms with Gasteiger partial charge in [0.1, 0.15) is 9.51 Å². The Morgan fingerprint density at radius 1 is 0.667 bits per heavy atom. The topological polar surface area (TPSA) is 59.9 Å². The van der Waals surface area contributed by atoms with E-state index in [1.54, 1.807) is 0 Å². The molecule has 2 aromatic heterocycles. The molecule has 0 N–H and O–H groups in total. The second-order valence-corrected chi connectivity index (χ2v) is 9.62. The summed E-state index contributed by atoms with van der Waals surface area (Å²) in [5.74, 6) is 0. The lowest BCUT2D eigenvalue weighted by molar-refractivity contribution is 0.591. The fourth-order valence-electron chi connectivity index (χ4n) is 1.16. The van der Waals surface area contributed by atoms with Gasteiger partial charge in [-0.2, -0.15) is 0 Å². The molecule has 0 spiro atoms. The van der Waals surface area contributed by atoms with Crippen LogP contribution in [0.1, 0.15) is 0 Å². The molecule has 0 unspecified atom stereocenters. The number of aromatic nitrogens is 2. The van der Waals surface area contributed by atoms with Crippen LogP contribution in [-0.4, -0.2) is 17.9 Å². The van der Waals surface area contributed by atoms with E-state index >= 15 is 0 Å². The van der Waals surface area contributed by atoms with Crippen LogP contribution in [0.25, 0.3) is 0 Å². The number of hydrogen-bond acceptors (Lipinski definition) is 4. The second kappa shape index (κ2) is 6.76. The Balaban J connectivity index is 2.75. The van der Waals surface area contributed by atoms with Crippen molar-refractivity contribution in [2.45, 2.75) is 10.1 Å². The smallest absolute Gasteiger partial charge is 0.215 e. The van der Waals surface area contributed by atoms with Crippen molar-refractivity contribution >= 4 is 96.1 Å². The van der Waals surface area contributed by atoms with Gasteiger partial charge < -0.3 is 0 Å². The normalized spacial score (nSPS) is 12.5. The third-order valence-corrected chi connectivity index (χ3v) is 8.57. The van der Waals surface area contributed by atoms with Crippen LogP contribution in [0.2, 0.25) is 29.6 Å². The van der Waals surface area contributed by atoms with Crippen LogP contribution in [0.15, 0.2) is 10.1 Å². The quantitative estimate of drug-likeness (QED) is 0.519. The zero-order chi connectivity index (χ0) is 15.9. The molecule has 2 aromatic rings. The van der Waals surface area contributed by atoms with Gasteiger partial charge in [-0.15, -0.1) is 0 Å². The SMILES string of the molecule is O=S(=O)(c1npc(Cl)c(Cl)c1Cl)c1npc(Cl)c(Cl)c1Cl. The summed E-state index contributed by atoms with van der Waals surface area (Å²) in [7, 11) is -3.91. The molecule has 4 nitrogen and oxygen atoms in total. The van der Waals surface area contributed by atoms with Crippen LogP contribution in [0.4, 0.5) is 0 Å². The van der Waals surface area contributed by atoms with Gasteiger partial charge in [-0.05, 0) is 0 Å².